The SMILES string of the molecule is CCCn1nnnc1COC(=O)C1CCN(S(=O)(=O)c2ccccc2)CC1. The van der Waals surface area contributed by atoms with Gasteiger partial charge in [0.15, 0.2) is 12.4 Å². The first-order valence-electron chi connectivity index (χ1n) is 8.99. The molecule has 1 aromatic carbocycles. The van der Waals surface area contributed by atoms with Crippen LogP contribution in [0.3, 0.4) is 0 Å². The highest BCUT2D eigenvalue weighted by atomic mass is 32.2. The molecule has 0 spiro atoms. The molecule has 0 radical (unpaired) electrons. The molecule has 0 amide bonds. The Balaban J connectivity index is 1.53. The highest BCUT2D eigenvalue weighted by Crippen LogP contribution is 2.24. The van der Waals surface area contributed by atoms with Crippen molar-refractivity contribution in [2.75, 3.05) is 13.1 Å². The monoisotopic (exact) mass is 393 g/mol. The molecule has 0 unspecified atom stereocenters. The first kappa shape index (κ1) is 19.4. The van der Waals surface area contributed by atoms with Crippen molar-refractivity contribution in [3.8, 4) is 0 Å². The molecule has 2 heterocycles. The number of rotatable bonds is 7. The van der Waals surface area contributed by atoms with Crippen LogP contribution in [-0.2, 0) is 32.7 Å². The zero-order chi connectivity index (χ0) is 19.3. The van der Waals surface area contributed by atoms with Gasteiger partial charge in [-0.2, -0.15) is 4.31 Å². The molecular formula is C17H23N5O4S. The van der Waals surface area contributed by atoms with Crippen molar-refractivity contribution in [1.29, 1.82) is 0 Å². The van der Waals surface area contributed by atoms with Crippen LogP contribution >= 0.6 is 0 Å². The van der Waals surface area contributed by atoms with Crippen LogP contribution in [0.15, 0.2) is 35.2 Å². The van der Waals surface area contributed by atoms with Crippen molar-refractivity contribution >= 4 is 16.0 Å². The second-order valence-electron chi connectivity index (χ2n) is 6.42. The van der Waals surface area contributed by atoms with Gasteiger partial charge in [-0.05, 0) is 41.8 Å². The summed E-state index contributed by atoms with van der Waals surface area (Å²) in [7, 11) is -3.52. The molecule has 0 bridgehead atoms. The van der Waals surface area contributed by atoms with Gasteiger partial charge in [0.2, 0.25) is 10.0 Å². The van der Waals surface area contributed by atoms with E-state index in [2.05, 4.69) is 15.5 Å². The van der Waals surface area contributed by atoms with Crippen LogP contribution in [-0.4, -0.2) is 52.0 Å². The zero-order valence-electron chi connectivity index (χ0n) is 15.2. The summed E-state index contributed by atoms with van der Waals surface area (Å²) < 4.78 is 33.6. The van der Waals surface area contributed by atoms with E-state index in [9.17, 15) is 13.2 Å². The number of hydrogen-bond donors (Lipinski definition) is 0. The molecular weight excluding hydrogens is 370 g/mol. The van der Waals surface area contributed by atoms with Gasteiger partial charge in [-0.25, -0.2) is 13.1 Å². The van der Waals surface area contributed by atoms with Crippen molar-refractivity contribution in [3.05, 3.63) is 36.2 Å². The number of benzene rings is 1. The maximum atomic E-state index is 12.6. The van der Waals surface area contributed by atoms with Gasteiger partial charge in [-0.15, -0.1) is 5.10 Å². The molecule has 0 N–H and O–H groups in total. The molecule has 27 heavy (non-hydrogen) atoms. The fourth-order valence-corrected chi connectivity index (χ4v) is 4.53. The number of ether oxygens (including phenoxy) is 1. The molecule has 1 fully saturated rings. The lowest BCUT2D eigenvalue weighted by Crippen LogP contribution is -2.40. The zero-order valence-corrected chi connectivity index (χ0v) is 16.0. The largest absolute Gasteiger partial charge is 0.457 e. The lowest BCUT2D eigenvalue weighted by atomic mass is 9.98. The standard InChI is InChI=1S/C17H23N5O4S/c1-2-10-22-16(18-19-20-22)13-26-17(23)14-8-11-21(12-9-14)27(24,25)15-6-4-3-5-7-15/h3-7,14H,2,8-13H2,1H3. The number of carbonyl (C=O) groups is 1. The van der Waals surface area contributed by atoms with E-state index in [1.165, 1.54) is 4.31 Å². The fourth-order valence-electron chi connectivity index (χ4n) is 3.04. The number of aryl methyl sites for hydroxylation is 1. The Labute approximate surface area is 158 Å². The Morgan fingerprint density at radius 3 is 2.59 bits per heavy atom. The van der Waals surface area contributed by atoms with Crippen molar-refractivity contribution in [2.45, 2.75) is 44.2 Å². The van der Waals surface area contributed by atoms with Gasteiger partial charge in [0.05, 0.1) is 10.8 Å². The number of piperidine rings is 1. The van der Waals surface area contributed by atoms with Gasteiger partial charge >= 0.3 is 5.97 Å². The Kier molecular flexibility index (Phi) is 6.17. The molecule has 1 aliphatic heterocycles. The van der Waals surface area contributed by atoms with Crippen LogP contribution in [0.2, 0.25) is 0 Å². The van der Waals surface area contributed by atoms with Crippen LogP contribution in [0.25, 0.3) is 0 Å². The van der Waals surface area contributed by atoms with Crippen LogP contribution in [0, 0.1) is 5.92 Å². The number of nitrogens with zero attached hydrogens (tertiary/aromatic N) is 5. The van der Waals surface area contributed by atoms with Crippen LogP contribution in [0.4, 0.5) is 0 Å². The van der Waals surface area contributed by atoms with Gasteiger partial charge in [0.1, 0.15) is 0 Å². The third kappa shape index (κ3) is 4.51. The van der Waals surface area contributed by atoms with E-state index >= 15 is 0 Å². The third-order valence-corrected chi connectivity index (χ3v) is 6.47. The van der Waals surface area contributed by atoms with Gasteiger partial charge in [-0.3, -0.25) is 4.79 Å². The van der Waals surface area contributed by atoms with E-state index in [0.717, 1.165) is 6.42 Å². The predicted molar refractivity (Wildman–Crippen MR) is 95.8 cm³/mol. The van der Waals surface area contributed by atoms with Gasteiger partial charge in [0, 0.05) is 19.6 Å². The van der Waals surface area contributed by atoms with Crippen LogP contribution < -0.4 is 0 Å². The Morgan fingerprint density at radius 1 is 1.22 bits per heavy atom. The summed E-state index contributed by atoms with van der Waals surface area (Å²) in [6, 6.07) is 8.33. The number of carbonyl (C=O) groups excluding carboxylic acids is 1. The summed E-state index contributed by atoms with van der Waals surface area (Å²) in [4.78, 5) is 12.6. The highest BCUT2D eigenvalue weighted by Gasteiger charge is 2.32. The van der Waals surface area contributed by atoms with E-state index in [1.54, 1.807) is 35.0 Å². The predicted octanol–water partition coefficient (Wildman–Crippen LogP) is 1.23. The quantitative estimate of drug-likeness (QED) is 0.651. The van der Waals surface area contributed by atoms with Gasteiger partial charge < -0.3 is 4.74 Å². The van der Waals surface area contributed by atoms with E-state index < -0.39 is 10.0 Å². The van der Waals surface area contributed by atoms with Crippen molar-refractivity contribution in [2.24, 2.45) is 5.92 Å². The molecule has 1 aliphatic rings. The van der Waals surface area contributed by atoms with E-state index in [1.807, 2.05) is 6.92 Å². The molecule has 10 heteroatoms. The van der Waals surface area contributed by atoms with Crippen molar-refractivity contribution in [1.82, 2.24) is 24.5 Å². The summed E-state index contributed by atoms with van der Waals surface area (Å²) in [6.45, 7) is 3.29. The number of esters is 1. The normalized spacial score (nSPS) is 16.3. The summed E-state index contributed by atoms with van der Waals surface area (Å²) in [6.07, 6.45) is 1.75. The third-order valence-electron chi connectivity index (χ3n) is 4.55. The van der Waals surface area contributed by atoms with E-state index in [4.69, 9.17) is 4.74 Å². The van der Waals surface area contributed by atoms with Gasteiger partial charge in [-0.1, -0.05) is 25.1 Å². The second kappa shape index (κ2) is 8.57. The Bertz CT molecular complexity index is 860. The molecule has 2 aromatic rings. The second-order valence-corrected chi connectivity index (χ2v) is 8.36. The van der Waals surface area contributed by atoms with E-state index in [0.29, 0.717) is 38.3 Å². The maximum absolute atomic E-state index is 12.6. The molecule has 0 saturated carbocycles. The van der Waals surface area contributed by atoms with Gasteiger partial charge in [0.25, 0.3) is 0 Å². The molecule has 9 nitrogen and oxygen atoms in total. The number of sulfonamides is 1. The molecule has 1 saturated heterocycles. The average Bonchev–Trinajstić information content (AvgIpc) is 3.14. The number of tetrazole rings is 1. The summed E-state index contributed by atoms with van der Waals surface area (Å²) >= 11 is 0. The summed E-state index contributed by atoms with van der Waals surface area (Å²) in [5, 5.41) is 11.3. The molecule has 146 valence electrons. The first-order valence-corrected chi connectivity index (χ1v) is 10.4. The number of hydrogen-bond acceptors (Lipinski definition) is 7. The smallest absolute Gasteiger partial charge is 0.309 e. The summed E-state index contributed by atoms with van der Waals surface area (Å²) in [5.41, 5.74) is 0. The van der Waals surface area contributed by atoms with E-state index in [-0.39, 0.29) is 23.4 Å². The minimum Gasteiger partial charge on any atom is -0.457 e. The topological polar surface area (TPSA) is 107 Å². The first-order chi connectivity index (χ1) is 13.0. The molecule has 3 rings (SSSR count). The lowest BCUT2D eigenvalue weighted by molar-refractivity contribution is -0.151. The fraction of sp³-hybridized carbons (Fsp3) is 0.529. The lowest BCUT2D eigenvalue weighted by Gasteiger charge is -2.30. The van der Waals surface area contributed by atoms with Crippen LogP contribution in [0.1, 0.15) is 32.0 Å². The number of aromatic nitrogens is 4. The highest BCUT2D eigenvalue weighted by molar-refractivity contribution is 7.89. The molecule has 0 atom stereocenters. The summed E-state index contributed by atoms with van der Waals surface area (Å²) in [5.74, 6) is -0.144. The minimum absolute atomic E-state index is 0.0222. The molecule has 0 aliphatic carbocycles. The van der Waals surface area contributed by atoms with Crippen molar-refractivity contribution in [3.63, 3.8) is 0 Å². The van der Waals surface area contributed by atoms with Crippen LogP contribution in [0.5, 0.6) is 0 Å². The molecule has 1 aromatic heterocycles. The maximum Gasteiger partial charge on any atom is 0.309 e. The Hall–Kier alpha value is -2.33. The van der Waals surface area contributed by atoms with Crippen molar-refractivity contribution < 1.29 is 17.9 Å². The Morgan fingerprint density at radius 2 is 1.93 bits per heavy atom. The average molecular weight is 393 g/mol. The minimum atomic E-state index is -3.52.